The van der Waals surface area contributed by atoms with Gasteiger partial charge in [-0.1, -0.05) is 24.3 Å². The molecule has 0 saturated carbocycles. The molecule has 0 amide bonds. The van der Waals surface area contributed by atoms with Crippen molar-refractivity contribution in [3.63, 3.8) is 0 Å². The molecule has 0 atom stereocenters. The van der Waals surface area contributed by atoms with E-state index in [1.807, 2.05) is 6.07 Å². The molecule has 4 rings (SSSR count). The summed E-state index contributed by atoms with van der Waals surface area (Å²) < 4.78 is 58.9. The van der Waals surface area contributed by atoms with Crippen LogP contribution < -0.4 is 0 Å². The Bertz CT molecular complexity index is 1230. The molecule has 0 aliphatic carbocycles. The standard InChI is InChI=1S/C22H13F4N3/c23-15-5-2-6-16(24)14(15)12-29-19-9-1-4-13(10-11-27)21(19)28-22(29)20-17(25)7-3-8-18(20)26/h1-9H,10,12H2. The first kappa shape index (κ1) is 18.7. The van der Waals surface area contributed by atoms with Gasteiger partial charge in [-0.3, -0.25) is 0 Å². The van der Waals surface area contributed by atoms with Gasteiger partial charge < -0.3 is 4.57 Å². The Morgan fingerprint density at radius 1 is 0.828 bits per heavy atom. The van der Waals surface area contributed by atoms with Crippen LogP contribution in [0.2, 0.25) is 0 Å². The van der Waals surface area contributed by atoms with E-state index in [1.54, 1.807) is 18.2 Å². The summed E-state index contributed by atoms with van der Waals surface area (Å²) in [6.07, 6.45) is 0.0294. The largest absolute Gasteiger partial charge is 0.319 e. The topological polar surface area (TPSA) is 41.6 Å². The molecule has 144 valence electrons. The Kier molecular flexibility index (Phi) is 4.77. The maximum atomic E-state index is 14.5. The van der Waals surface area contributed by atoms with Crippen LogP contribution in [-0.4, -0.2) is 9.55 Å². The first-order valence-corrected chi connectivity index (χ1v) is 8.73. The Morgan fingerprint density at radius 3 is 2.03 bits per heavy atom. The van der Waals surface area contributed by atoms with Crippen molar-refractivity contribution in [2.45, 2.75) is 13.0 Å². The fourth-order valence-electron chi connectivity index (χ4n) is 3.34. The molecule has 3 aromatic carbocycles. The summed E-state index contributed by atoms with van der Waals surface area (Å²) >= 11 is 0. The second kappa shape index (κ2) is 7.40. The molecular formula is C22H13F4N3. The van der Waals surface area contributed by atoms with Gasteiger partial charge in [-0.25, -0.2) is 22.5 Å². The Morgan fingerprint density at radius 2 is 1.41 bits per heavy atom. The molecule has 0 fully saturated rings. The number of nitrogens with zero attached hydrogens (tertiary/aromatic N) is 3. The fourth-order valence-corrected chi connectivity index (χ4v) is 3.34. The molecule has 0 bridgehead atoms. The maximum absolute atomic E-state index is 14.5. The fraction of sp³-hybridized carbons (Fsp3) is 0.0909. The summed E-state index contributed by atoms with van der Waals surface area (Å²) in [6, 6.07) is 13.8. The summed E-state index contributed by atoms with van der Waals surface area (Å²) in [6.45, 7) is -0.325. The SMILES string of the molecule is N#CCc1cccc2c1nc(-c1c(F)cccc1F)n2Cc1c(F)cccc1F. The molecule has 29 heavy (non-hydrogen) atoms. The third kappa shape index (κ3) is 3.23. The van der Waals surface area contributed by atoms with Crippen LogP contribution in [0.5, 0.6) is 0 Å². The highest BCUT2D eigenvalue weighted by Gasteiger charge is 2.22. The van der Waals surface area contributed by atoms with Crippen molar-refractivity contribution in [2.24, 2.45) is 0 Å². The summed E-state index contributed by atoms with van der Waals surface area (Å²) in [5.41, 5.74) is 0.663. The van der Waals surface area contributed by atoms with Gasteiger partial charge in [-0.2, -0.15) is 5.26 Å². The molecule has 3 nitrogen and oxygen atoms in total. The van der Waals surface area contributed by atoms with Gasteiger partial charge in [0.25, 0.3) is 0 Å². The third-order valence-corrected chi connectivity index (χ3v) is 4.70. The normalized spacial score (nSPS) is 11.0. The number of rotatable bonds is 4. The zero-order valence-electron chi connectivity index (χ0n) is 15.0. The van der Waals surface area contributed by atoms with E-state index in [0.29, 0.717) is 16.6 Å². The predicted molar refractivity (Wildman–Crippen MR) is 99.9 cm³/mol. The lowest BCUT2D eigenvalue weighted by molar-refractivity contribution is 0.546. The summed E-state index contributed by atoms with van der Waals surface area (Å²) in [7, 11) is 0. The van der Waals surface area contributed by atoms with E-state index in [2.05, 4.69) is 4.98 Å². The lowest BCUT2D eigenvalue weighted by Gasteiger charge is -2.12. The van der Waals surface area contributed by atoms with Crippen LogP contribution in [-0.2, 0) is 13.0 Å². The number of hydrogen-bond acceptors (Lipinski definition) is 2. The van der Waals surface area contributed by atoms with Gasteiger partial charge in [0, 0.05) is 5.56 Å². The molecule has 0 aliphatic rings. The monoisotopic (exact) mass is 395 g/mol. The first-order chi connectivity index (χ1) is 14.0. The quantitative estimate of drug-likeness (QED) is 0.436. The molecule has 0 radical (unpaired) electrons. The molecule has 0 N–H and O–H groups in total. The van der Waals surface area contributed by atoms with Gasteiger partial charge in [0.2, 0.25) is 0 Å². The minimum absolute atomic E-state index is 0.0294. The highest BCUT2D eigenvalue weighted by atomic mass is 19.1. The zero-order chi connectivity index (χ0) is 20.5. The van der Waals surface area contributed by atoms with E-state index in [9.17, 15) is 17.6 Å². The molecule has 1 heterocycles. The van der Waals surface area contributed by atoms with Crippen molar-refractivity contribution in [1.82, 2.24) is 9.55 Å². The lowest BCUT2D eigenvalue weighted by atomic mass is 10.1. The van der Waals surface area contributed by atoms with Gasteiger partial charge in [0.1, 0.15) is 29.1 Å². The van der Waals surface area contributed by atoms with E-state index < -0.39 is 28.8 Å². The molecule has 0 aliphatic heterocycles. The van der Waals surface area contributed by atoms with Crippen molar-refractivity contribution < 1.29 is 17.6 Å². The number of benzene rings is 3. The summed E-state index contributed by atoms with van der Waals surface area (Å²) in [5, 5.41) is 9.06. The van der Waals surface area contributed by atoms with E-state index in [0.717, 1.165) is 24.3 Å². The highest BCUT2D eigenvalue weighted by molar-refractivity contribution is 5.84. The van der Waals surface area contributed by atoms with Crippen LogP contribution in [0.25, 0.3) is 22.4 Å². The lowest BCUT2D eigenvalue weighted by Crippen LogP contribution is -2.08. The van der Waals surface area contributed by atoms with Crippen LogP contribution >= 0.6 is 0 Å². The van der Waals surface area contributed by atoms with Crippen LogP contribution in [0.1, 0.15) is 11.1 Å². The number of nitriles is 1. The minimum atomic E-state index is -0.850. The van der Waals surface area contributed by atoms with Crippen LogP contribution in [0.15, 0.2) is 54.6 Å². The smallest absolute Gasteiger partial charge is 0.147 e. The average molecular weight is 395 g/mol. The van der Waals surface area contributed by atoms with Crippen LogP contribution in [0, 0.1) is 34.6 Å². The second-order valence-corrected chi connectivity index (χ2v) is 6.44. The number of halogens is 4. The maximum Gasteiger partial charge on any atom is 0.147 e. The number of aromatic nitrogens is 2. The van der Waals surface area contributed by atoms with Crippen LogP contribution in [0.3, 0.4) is 0 Å². The second-order valence-electron chi connectivity index (χ2n) is 6.44. The number of para-hydroxylation sites is 1. The number of hydrogen-bond donors (Lipinski definition) is 0. The summed E-state index contributed by atoms with van der Waals surface area (Å²) in [4.78, 5) is 4.37. The van der Waals surface area contributed by atoms with E-state index in [1.165, 1.54) is 16.7 Å². The molecule has 0 unspecified atom stereocenters. The van der Waals surface area contributed by atoms with Crippen molar-refractivity contribution >= 4 is 11.0 Å². The Hall–Kier alpha value is -3.66. The molecule has 0 saturated heterocycles. The first-order valence-electron chi connectivity index (χ1n) is 8.73. The van der Waals surface area contributed by atoms with Gasteiger partial charge in [-0.15, -0.1) is 0 Å². The number of imidazole rings is 1. The van der Waals surface area contributed by atoms with Crippen LogP contribution in [0.4, 0.5) is 17.6 Å². The average Bonchev–Trinajstić information content (AvgIpc) is 3.04. The van der Waals surface area contributed by atoms with Crippen molar-refractivity contribution in [3.8, 4) is 17.5 Å². The van der Waals surface area contributed by atoms with Crippen molar-refractivity contribution in [1.29, 1.82) is 5.26 Å². The molecular weight excluding hydrogens is 382 g/mol. The summed E-state index contributed by atoms with van der Waals surface area (Å²) in [5.74, 6) is -3.36. The van der Waals surface area contributed by atoms with Gasteiger partial charge >= 0.3 is 0 Å². The molecule has 0 spiro atoms. The zero-order valence-corrected chi connectivity index (χ0v) is 15.0. The molecule has 4 aromatic rings. The predicted octanol–water partition coefficient (Wildman–Crippen LogP) is 5.37. The third-order valence-electron chi connectivity index (χ3n) is 4.70. The number of fused-ring (bicyclic) bond motifs is 1. The Balaban J connectivity index is 2.03. The van der Waals surface area contributed by atoms with Crippen molar-refractivity contribution in [3.05, 3.63) is 89.0 Å². The van der Waals surface area contributed by atoms with Gasteiger partial charge in [0.05, 0.1) is 35.6 Å². The van der Waals surface area contributed by atoms with Crippen molar-refractivity contribution in [2.75, 3.05) is 0 Å². The Labute approximate surface area is 163 Å². The molecule has 7 heteroatoms. The van der Waals surface area contributed by atoms with E-state index in [-0.39, 0.29) is 24.4 Å². The highest BCUT2D eigenvalue weighted by Crippen LogP contribution is 2.32. The van der Waals surface area contributed by atoms with E-state index in [4.69, 9.17) is 5.26 Å². The van der Waals surface area contributed by atoms with Gasteiger partial charge in [0.15, 0.2) is 0 Å². The molecule has 1 aromatic heterocycles. The van der Waals surface area contributed by atoms with Gasteiger partial charge in [-0.05, 0) is 35.9 Å². The minimum Gasteiger partial charge on any atom is -0.319 e. The van der Waals surface area contributed by atoms with E-state index >= 15 is 0 Å².